The number of thioether (sulfide) groups is 2. The number of nitrogens with one attached hydrogen (secondary N) is 1. The molecule has 0 unspecified atom stereocenters. The number of β-lactam (4-membered cyclic amide) rings is 1. The van der Waals surface area contributed by atoms with Gasteiger partial charge in [0.25, 0.3) is 11.8 Å². The molecule has 0 spiro atoms. The largest absolute Gasteiger partial charge is 0.477 e. The summed E-state index contributed by atoms with van der Waals surface area (Å²) in [6.45, 7) is 0. The fourth-order valence-corrected chi connectivity index (χ4v) is 7.70. The molecule has 35 heavy (non-hydrogen) atoms. The van der Waals surface area contributed by atoms with E-state index in [2.05, 4.69) is 25.4 Å². The Bertz CT molecular complexity index is 1380. The van der Waals surface area contributed by atoms with E-state index in [-0.39, 0.29) is 22.2 Å². The first-order valence-electron chi connectivity index (χ1n) is 9.80. The number of rotatable bonds is 7. The van der Waals surface area contributed by atoms with Crippen LogP contribution in [-0.4, -0.2) is 72.7 Å². The molecular formula is C19H15N7O5S4. The minimum absolute atomic E-state index is 0.107. The highest BCUT2D eigenvalue weighted by molar-refractivity contribution is 8.07. The molecule has 4 N–H and O–H groups in total. The van der Waals surface area contributed by atoms with Gasteiger partial charge in [0.1, 0.15) is 35.4 Å². The highest BCUT2D eigenvalue weighted by atomic mass is 32.2. The summed E-state index contributed by atoms with van der Waals surface area (Å²) in [7, 11) is 1.28. The van der Waals surface area contributed by atoms with Gasteiger partial charge in [0.2, 0.25) is 0 Å². The first-order valence-corrected chi connectivity index (χ1v) is 13.4. The third kappa shape index (κ3) is 4.33. The monoisotopic (exact) mass is 549 g/mol. The minimum Gasteiger partial charge on any atom is -0.477 e. The minimum atomic E-state index is -1.22. The maximum atomic E-state index is 13.0. The zero-order valence-corrected chi connectivity index (χ0v) is 21.0. The van der Waals surface area contributed by atoms with Crippen molar-refractivity contribution in [3.8, 4) is 0 Å². The second kappa shape index (κ2) is 9.44. The molecule has 2 atom stereocenters. The van der Waals surface area contributed by atoms with Gasteiger partial charge in [0.15, 0.2) is 15.2 Å². The number of aromatic nitrogens is 3. The fourth-order valence-electron chi connectivity index (χ4n) is 3.48. The molecule has 5 rings (SSSR count). The number of pyridine rings is 1. The molecule has 2 amide bonds. The molecule has 0 radical (unpaired) electrons. The number of oxime groups is 1. The van der Waals surface area contributed by atoms with Gasteiger partial charge in [0, 0.05) is 22.2 Å². The SMILES string of the molecule is CO/N=C(\C(=O)N[C@@H]1C(=O)N2C(C(=O)O)=C(Sc3nc4cnccc4s3)CS[C@H]12)c1csc(N)n1. The van der Waals surface area contributed by atoms with Crippen LogP contribution in [0.3, 0.4) is 0 Å². The van der Waals surface area contributed by atoms with Gasteiger partial charge in [-0.25, -0.2) is 14.8 Å². The van der Waals surface area contributed by atoms with Crippen LogP contribution in [-0.2, 0) is 19.2 Å². The molecule has 180 valence electrons. The van der Waals surface area contributed by atoms with Crippen molar-refractivity contribution < 1.29 is 24.3 Å². The van der Waals surface area contributed by atoms with Crippen molar-refractivity contribution in [2.24, 2.45) is 5.16 Å². The second-order valence-electron chi connectivity index (χ2n) is 7.06. The van der Waals surface area contributed by atoms with Crippen molar-refractivity contribution in [2.45, 2.75) is 15.8 Å². The molecule has 1 fully saturated rings. The van der Waals surface area contributed by atoms with E-state index in [9.17, 15) is 19.5 Å². The molecule has 3 aromatic heterocycles. The first-order chi connectivity index (χ1) is 16.9. The number of amides is 2. The Labute approximate surface area is 213 Å². The number of hydrogen-bond acceptors (Lipinski definition) is 13. The van der Waals surface area contributed by atoms with E-state index in [1.54, 1.807) is 17.8 Å². The van der Waals surface area contributed by atoms with Gasteiger partial charge in [-0.15, -0.1) is 34.4 Å². The van der Waals surface area contributed by atoms with Crippen molar-refractivity contribution in [2.75, 3.05) is 18.6 Å². The lowest BCUT2D eigenvalue weighted by atomic mass is 10.0. The number of hydrogen-bond donors (Lipinski definition) is 3. The molecule has 0 saturated carbocycles. The maximum Gasteiger partial charge on any atom is 0.353 e. The predicted octanol–water partition coefficient (Wildman–Crippen LogP) is 1.57. The fraction of sp³-hybridized carbons (Fsp3) is 0.211. The number of nitrogen functional groups attached to an aromatic ring is 1. The summed E-state index contributed by atoms with van der Waals surface area (Å²) in [5, 5.41) is 17.4. The Morgan fingerprint density at radius 1 is 1.40 bits per heavy atom. The van der Waals surface area contributed by atoms with E-state index in [0.29, 0.717) is 15.0 Å². The third-order valence-corrected chi connectivity index (χ3v) is 9.28. The Kier molecular flexibility index (Phi) is 6.35. The summed E-state index contributed by atoms with van der Waals surface area (Å²) in [6.07, 6.45) is 3.30. The first kappa shape index (κ1) is 23.5. The molecule has 0 bridgehead atoms. The van der Waals surface area contributed by atoms with E-state index in [1.807, 2.05) is 6.07 Å². The molecule has 5 heterocycles. The van der Waals surface area contributed by atoms with Crippen LogP contribution in [0.5, 0.6) is 0 Å². The number of nitrogens with zero attached hydrogens (tertiary/aromatic N) is 5. The zero-order valence-electron chi connectivity index (χ0n) is 17.7. The Balaban J connectivity index is 1.36. The van der Waals surface area contributed by atoms with Crippen molar-refractivity contribution in [1.29, 1.82) is 0 Å². The number of aliphatic carboxylic acids is 1. The van der Waals surface area contributed by atoms with Crippen molar-refractivity contribution in [3.63, 3.8) is 0 Å². The van der Waals surface area contributed by atoms with Gasteiger partial charge < -0.3 is 21.0 Å². The van der Waals surface area contributed by atoms with Crippen LogP contribution in [0.2, 0.25) is 0 Å². The van der Waals surface area contributed by atoms with Crippen LogP contribution in [0.1, 0.15) is 5.69 Å². The average molecular weight is 550 g/mol. The molecule has 12 nitrogen and oxygen atoms in total. The maximum absolute atomic E-state index is 13.0. The number of thiazole rings is 2. The highest BCUT2D eigenvalue weighted by Crippen LogP contribution is 2.46. The molecule has 1 saturated heterocycles. The number of carboxylic acid groups (broad SMARTS) is 1. The lowest BCUT2D eigenvalue weighted by molar-refractivity contribution is -0.150. The van der Waals surface area contributed by atoms with Crippen molar-refractivity contribution in [3.05, 3.63) is 40.1 Å². The van der Waals surface area contributed by atoms with Crippen molar-refractivity contribution >= 4 is 85.0 Å². The number of carboxylic acids is 1. The van der Waals surface area contributed by atoms with Gasteiger partial charge in [-0.1, -0.05) is 16.9 Å². The van der Waals surface area contributed by atoms with E-state index < -0.39 is 29.2 Å². The summed E-state index contributed by atoms with van der Waals surface area (Å²) in [6, 6.07) is 0.905. The quantitative estimate of drug-likeness (QED) is 0.222. The van der Waals surface area contributed by atoms with Crippen LogP contribution in [0.25, 0.3) is 10.2 Å². The lowest BCUT2D eigenvalue weighted by Gasteiger charge is -2.49. The second-order valence-corrected chi connectivity index (χ2v) is 11.4. The normalized spacial score (nSPS) is 20.0. The number of carbonyl (C=O) groups is 3. The van der Waals surface area contributed by atoms with Gasteiger partial charge in [0.05, 0.1) is 10.9 Å². The molecular weight excluding hydrogens is 535 g/mol. The van der Waals surface area contributed by atoms with E-state index in [0.717, 1.165) is 21.6 Å². The average Bonchev–Trinajstić information content (AvgIpc) is 3.45. The molecule has 2 aliphatic heterocycles. The molecule has 2 aliphatic rings. The third-order valence-electron chi connectivity index (χ3n) is 4.97. The molecule has 0 aromatic carbocycles. The summed E-state index contributed by atoms with van der Waals surface area (Å²) in [4.78, 5) is 57.0. The number of nitrogens with two attached hydrogens (primary N) is 1. The van der Waals surface area contributed by atoms with Gasteiger partial charge in [-0.3, -0.25) is 19.5 Å². The van der Waals surface area contributed by atoms with Gasteiger partial charge >= 0.3 is 5.97 Å². The van der Waals surface area contributed by atoms with Crippen LogP contribution in [0.4, 0.5) is 5.13 Å². The van der Waals surface area contributed by atoms with Gasteiger partial charge in [-0.05, 0) is 6.07 Å². The number of carbonyl (C=O) groups excluding carboxylic acids is 2. The number of fused-ring (bicyclic) bond motifs is 2. The topological polar surface area (TPSA) is 173 Å². The van der Waals surface area contributed by atoms with Crippen molar-refractivity contribution in [1.82, 2.24) is 25.2 Å². The Hall–Kier alpha value is -3.21. The zero-order chi connectivity index (χ0) is 24.7. The predicted molar refractivity (Wildman–Crippen MR) is 133 cm³/mol. The van der Waals surface area contributed by atoms with Crippen LogP contribution in [0, 0.1) is 0 Å². The summed E-state index contributed by atoms with van der Waals surface area (Å²) < 4.78 is 1.58. The van der Waals surface area contributed by atoms with Crippen LogP contribution >= 0.6 is 46.2 Å². The summed E-state index contributed by atoms with van der Waals surface area (Å²) in [5.41, 5.74) is 6.33. The molecule has 16 heteroatoms. The van der Waals surface area contributed by atoms with Gasteiger partial charge in [-0.2, -0.15) is 0 Å². The smallest absolute Gasteiger partial charge is 0.353 e. The highest BCUT2D eigenvalue weighted by Gasteiger charge is 2.54. The van der Waals surface area contributed by atoms with E-state index in [1.165, 1.54) is 46.9 Å². The van der Waals surface area contributed by atoms with E-state index >= 15 is 0 Å². The standard InChI is InChI=1S/C19H15N7O5S4/c1-31-25-11(8-5-33-18(20)22-8)14(27)24-12-15(28)26-13(17(29)30)10(6-32-16(12)26)35-19-23-7-4-21-3-2-9(7)34-19/h2-5,12,16H,6H2,1H3,(H2,20,22)(H,24,27)(H,29,30)/b25-11-/t12-,16-/m1/s1. The molecule has 0 aliphatic carbocycles. The molecule has 3 aromatic rings. The Morgan fingerprint density at radius 3 is 2.91 bits per heavy atom. The summed E-state index contributed by atoms with van der Waals surface area (Å²) in [5.74, 6) is -2.10. The van der Waals surface area contributed by atoms with Crippen LogP contribution < -0.4 is 11.1 Å². The van der Waals surface area contributed by atoms with E-state index in [4.69, 9.17) is 10.6 Å². The lowest BCUT2D eigenvalue weighted by Crippen LogP contribution is -2.71. The van der Waals surface area contributed by atoms with Crippen LogP contribution in [0.15, 0.2) is 43.9 Å². The number of anilines is 1. The summed E-state index contributed by atoms with van der Waals surface area (Å²) >= 11 is 5.12. The Morgan fingerprint density at radius 2 is 2.23 bits per heavy atom.